The van der Waals surface area contributed by atoms with Crippen molar-refractivity contribution in [3.8, 4) is 22.6 Å². The van der Waals surface area contributed by atoms with E-state index in [4.69, 9.17) is 23.2 Å². The molecule has 0 bridgehead atoms. The number of nitrogens with one attached hydrogen (secondary N) is 1. The van der Waals surface area contributed by atoms with Crippen LogP contribution in [0.1, 0.15) is 0 Å². The number of hydrogen-bond donors (Lipinski definition) is 1. The first-order chi connectivity index (χ1) is 9.25. The van der Waals surface area contributed by atoms with Crippen molar-refractivity contribution in [1.29, 1.82) is 0 Å². The van der Waals surface area contributed by atoms with Crippen molar-refractivity contribution in [3.05, 3.63) is 46.8 Å². The van der Waals surface area contributed by atoms with Crippen molar-refractivity contribution in [3.63, 3.8) is 0 Å². The van der Waals surface area contributed by atoms with Gasteiger partial charge in [-0.15, -0.1) is 0 Å². The van der Waals surface area contributed by atoms with Gasteiger partial charge in [-0.2, -0.15) is 15.4 Å². The van der Waals surface area contributed by atoms with Crippen molar-refractivity contribution in [2.24, 2.45) is 0 Å². The number of H-pyrrole nitrogens is 1. The zero-order valence-corrected chi connectivity index (χ0v) is 11.0. The van der Waals surface area contributed by atoms with Gasteiger partial charge >= 0.3 is 0 Å². The molecule has 3 rings (SSSR count). The van der Waals surface area contributed by atoms with E-state index >= 15 is 0 Å². The Hall–Kier alpha value is -1.98. The predicted molar refractivity (Wildman–Crippen MR) is 72.9 cm³/mol. The fourth-order valence-corrected chi connectivity index (χ4v) is 2.28. The number of hydrogen-bond acceptors (Lipinski definition) is 4. The van der Waals surface area contributed by atoms with Crippen LogP contribution in [0.3, 0.4) is 0 Å². The smallest absolute Gasteiger partial charge is 0.184 e. The lowest BCUT2D eigenvalue weighted by Gasteiger charge is -2.07. The first-order valence-electron chi connectivity index (χ1n) is 5.40. The molecule has 7 heteroatoms. The molecule has 1 N–H and O–H groups in total. The number of aromatic amines is 1. The first kappa shape index (κ1) is 12.1. The minimum Gasteiger partial charge on any atom is -0.214 e. The summed E-state index contributed by atoms with van der Waals surface area (Å²) in [5.74, 6) is 0.337. The monoisotopic (exact) mass is 291 g/mol. The van der Waals surface area contributed by atoms with Crippen LogP contribution >= 0.6 is 23.2 Å². The summed E-state index contributed by atoms with van der Waals surface area (Å²) in [6.07, 6.45) is 1.50. The van der Waals surface area contributed by atoms with Crippen molar-refractivity contribution >= 4 is 23.2 Å². The molecule has 0 aliphatic rings. The molecular weight excluding hydrogens is 285 g/mol. The van der Waals surface area contributed by atoms with Gasteiger partial charge < -0.3 is 0 Å². The molecule has 0 fully saturated rings. The lowest BCUT2D eigenvalue weighted by molar-refractivity contribution is 0.938. The highest BCUT2D eigenvalue weighted by atomic mass is 35.5. The average molecular weight is 292 g/mol. The van der Waals surface area contributed by atoms with Gasteiger partial charge in [0.25, 0.3) is 0 Å². The van der Waals surface area contributed by atoms with Crippen LogP contribution in [0.2, 0.25) is 10.3 Å². The number of aromatic nitrogens is 5. The highest BCUT2D eigenvalue weighted by Crippen LogP contribution is 2.33. The number of benzene rings is 1. The average Bonchev–Trinajstić information content (AvgIpc) is 2.93. The zero-order chi connectivity index (χ0) is 13.2. The van der Waals surface area contributed by atoms with E-state index in [1.54, 1.807) is 0 Å². The van der Waals surface area contributed by atoms with Crippen LogP contribution in [0.5, 0.6) is 0 Å². The summed E-state index contributed by atoms with van der Waals surface area (Å²) in [6.45, 7) is 0. The molecule has 3 aromatic rings. The maximum atomic E-state index is 6.19. The van der Waals surface area contributed by atoms with E-state index in [1.165, 1.54) is 6.20 Å². The molecule has 2 aromatic heterocycles. The van der Waals surface area contributed by atoms with Crippen LogP contribution in [0.25, 0.3) is 22.6 Å². The van der Waals surface area contributed by atoms with Gasteiger partial charge in [-0.3, -0.25) is 0 Å². The van der Waals surface area contributed by atoms with Crippen molar-refractivity contribution < 1.29 is 0 Å². The van der Waals surface area contributed by atoms with E-state index in [1.807, 2.05) is 30.3 Å². The number of nitrogens with zero attached hydrogens (tertiary/aromatic N) is 4. The molecule has 0 atom stereocenters. The van der Waals surface area contributed by atoms with E-state index in [0.717, 1.165) is 5.56 Å². The Balaban J connectivity index is 2.14. The normalized spacial score (nSPS) is 10.6. The van der Waals surface area contributed by atoms with Gasteiger partial charge in [-0.1, -0.05) is 53.5 Å². The molecular formula is C12H7Cl2N5. The summed E-state index contributed by atoms with van der Waals surface area (Å²) in [7, 11) is 0. The van der Waals surface area contributed by atoms with E-state index in [-0.39, 0.29) is 10.3 Å². The van der Waals surface area contributed by atoms with Gasteiger partial charge in [-0.25, -0.2) is 9.97 Å². The fourth-order valence-electron chi connectivity index (χ4n) is 1.67. The van der Waals surface area contributed by atoms with E-state index in [9.17, 15) is 0 Å². The topological polar surface area (TPSA) is 67.3 Å². The molecule has 0 spiro atoms. The van der Waals surface area contributed by atoms with Crippen LogP contribution in [-0.2, 0) is 0 Å². The second kappa shape index (κ2) is 4.95. The first-order valence-corrected chi connectivity index (χ1v) is 6.16. The highest BCUT2D eigenvalue weighted by molar-refractivity contribution is 6.37. The Morgan fingerprint density at radius 1 is 0.947 bits per heavy atom. The molecule has 0 radical (unpaired) electrons. The largest absolute Gasteiger partial charge is 0.214 e. The molecule has 0 aliphatic carbocycles. The molecule has 0 saturated heterocycles. The fraction of sp³-hybridized carbons (Fsp3) is 0. The quantitative estimate of drug-likeness (QED) is 0.736. The molecule has 1 aromatic carbocycles. The Morgan fingerprint density at radius 2 is 1.63 bits per heavy atom. The molecule has 19 heavy (non-hydrogen) atoms. The standard InChI is InChI=1S/C12H7Cl2N5/c13-10-9(7-4-2-1-3-5-7)11(14)17-12(16-10)8-6-15-19-18-8/h1-6H,(H,15,18,19). The van der Waals surface area contributed by atoms with Gasteiger partial charge in [0.2, 0.25) is 0 Å². The van der Waals surface area contributed by atoms with Crippen molar-refractivity contribution in [2.45, 2.75) is 0 Å². The molecule has 94 valence electrons. The SMILES string of the molecule is Clc1nc(-c2cn[nH]n2)nc(Cl)c1-c1ccccc1. The van der Waals surface area contributed by atoms with Gasteiger partial charge in [-0.05, 0) is 5.56 Å². The number of rotatable bonds is 2. The molecule has 2 heterocycles. The Kier molecular flexibility index (Phi) is 3.15. The van der Waals surface area contributed by atoms with Crippen LogP contribution in [-0.4, -0.2) is 25.4 Å². The summed E-state index contributed by atoms with van der Waals surface area (Å²) in [4.78, 5) is 8.40. The van der Waals surface area contributed by atoms with E-state index in [2.05, 4.69) is 25.4 Å². The summed E-state index contributed by atoms with van der Waals surface area (Å²) in [5.41, 5.74) is 1.96. The molecule has 0 unspecified atom stereocenters. The maximum Gasteiger partial charge on any atom is 0.184 e. The third kappa shape index (κ3) is 2.30. The van der Waals surface area contributed by atoms with Crippen molar-refractivity contribution in [2.75, 3.05) is 0 Å². The number of halogens is 2. The molecule has 5 nitrogen and oxygen atoms in total. The molecule has 0 saturated carbocycles. The minimum atomic E-state index is 0.282. The summed E-state index contributed by atoms with van der Waals surface area (Å²) in [6, 6.07) is 9.50. The zero-order valence-electron chi connectivity index (χ0n) is 9.51. The van der Waals surface area contributed by atoms with E-state index in [0.29, 0.717) is 17.1 Å². The summed E-state index contributed by atoms with van der Waals surface area (Å²) < 4.78 is 0. The Morgan fingerprint density at radius 3 is 2.21 bits per heavy atom. The van der Waals surface area contributed by atoms with Crippen LogP contribution in [0.4, 0.5) is 0 Å². The lowest BCUT2D eigenvalue weighted by Crippen LogP contribution is -1.94. The van der Waals surface area contributed by atoms with Gasteiger partial charge in [0, 0.05) is 0 Å². The third-order valence-electron chi connectivity index (χ3n) is 2.53. The Labute approximate surface area is 118 Å². The van der Waals surface area contributed by atoms with Gasteiger partial charge in [0.1, 0.15) is 16.0 Å². The minimum absolute atomic E-state index is 0.282. The molecule has 0 aliphatic heterocycles. The maximum absolute atomic E-state index is 6.19. The van der Waals surface area contributed by atoms with Crippen molar-refractivity contribution in [1.82, 2.24) is 25.4 Å². The second-order valence-electron chi connectivity index (χ2n) is 3.73. The second-order valence-corrected chi connectivity index (χ2v) is 4.44. The van der Waals surface area contributed by atoms with Crippen LogP contribution in [0.15, 0.2) is 36.5 Å². The van der Waals surface area contributed by atoms with Gasteiger partial charge in [0.15, 0.2) is 5.82 Å². The predicted octanol–water partition coefficient (Wildman–Crippen LogP) is 3.24. The van der Waals surface area contributed by atoms with Gasteiger partial charge in [0.05, 0.1) is 11.8 Å². The van der Waals surface area contributed by atoms with E-state index < -0.39 is 0 Å². The van der Waals surface area contributed by atoms with Crippen LogP contribution in [0, 0.1) is 0 Å². The molecule has 0 amide bonds. The highest BCUT2D eigenvalue weighted by Gasteiger charge is 2.15. The summed E-state index contributed by atoms with van der Waals surface area (Å²) in [5, 5.41) is 10.6. The third-order valence-corrected chi connectivity index (χ3v) is 3.07. The lowest BCUT2D eigenvalue weighted by atomic mass is 10.1. The van der Waals surface area contributed by atoms with Crippen LogP contribution < -0.4 is 0 Å². The Bertz CT molecular complexity index is 674. The summed E-state index contributed by atoms with van der Waals surface area (Å²) >= 11 is 12.4.